The van der Waals surface area contributed by atoms with E-state index in [-0.39, 0.29) is 5.82 Å². The van der Waals surface area contributed by atoms with E-state index in [0.29, 0.717) is 18.3 Å². The molecule has 0 aromatic carbocycles. The van der Waals surface area contributed by atoms with Gasteiger partial charge in [-0.3, -0.25) is 0 Å². The lowest BCUT2D eigenvalue weighted by Gasteiger charge is -2.03. The molecule has 6 nitrogen and oxygen atoms in total. The molecule has 0 unspecified atom stereocenters. The van der Waals surface area contributed by atoms with Crippen molar-refractivity contribution >= 4 is 0 Å². The van der Waals surface area contributed by atoms with Crippen LogP contribution in [0.15, 0.2) is 24.5 Å². The summed E-state index contributed by atoms with van der Waals surface area (Å²) in [7, 11) is 0. The monoisotopic (exact) mass is 215 g/mol. The van der Waals surface area contributed by atoms with Gasteiger partial charge in [0, 0.05) is 6.07 Å². The lowest BCUT2D eigenvalue weighted by atomic mass is 10.4. The summed E-state index contributed by atoms with van der Waals surface area (Å²) in [6.45, 7) is 2.44. The summed E-state index contributed by atoms with van der Waals surface area (Å²) >= 11 is 0. The lowest BCUT2D eigenvalue weighted by molar-refractivity contribution is 0.326. The summed E-state index contributed by atoms with van der Waals surface area (Å²) in [6, 6.07) is 7.18. The predicted octanol–water partition coefficient (Wildman–Crippen LogP) is 0.933. The molecule has 0 aliphatic rings. The van der Waals surface area contributed by atoms with Crippen LogP contribution in [0.1, 0.15) is 12.7 Å². The number of ether oxygens (including phenoxy) is 1. The van der Waals surface area contributed by atoms with E-state index < -0.39 is 0 Å². The van der Waals surface area contributed by atoms with Crippen LogP contribution in [0.25, 0.3) is 5.82 Å². The Morgan fingerprint density at radius 1 is 1.50 bits per heavy atom. The maximum atomic E-state index is 8.60. The normalized spacial score (nSPS) is 9.75. The van der Waals surface area contributed by atoms with Gasteiger partial charge in [-0.25, -0.2) is 9.67 Å². The van der Waals surface area contributed by atoms with E-state index in [1.54, 1.807) is 18.2 Å². The smallest absolute Gasteiger partial charge is 0.252 e. The molecule has 16 heavy (non-hydrogen) atoms. The highest BCUT2D eigenvalue weighted by molar-refractivity contribution is 5.26. The van der Waals surface area contributed by atoms with Gasteiger partial charge in [0.2, 0.25) is 5.88 Å². The fraction of sp³-hybridized carbons (Fsp3) is 0.200. The molecule has 0 spiro atoms. The van der Waals surface area contributed by atoms with Crippen LogP contribution >= 0.6 is 0 Å². The molecule has 0 radical (unpaired) electrons. The van der Waals surface area contributed by atoms with E-state index in [0.717, 1.165) is 0 Å². The zero-order valence-corrected chi connectivity index (χ0v) is 8.66. The third-order valence-electron chi connectivity index (χ3n) is 1.83. The predicted molar refractivity (Wildman–Crippen MR) is 55.0 cm³/mol. The largest absolute Gasteiger partial charge is 0.478 e. The van der Waals surface area contributed by atoms with Crippen LogP contribution in [0, 0.1) is 11.3 Å². The molecule has 2 heterocycles. The van der Waals surface area contributed by atoms with Crippen molar-refractivity contribution in [2.75, 3.05) is 6.61 Å². The van der Waals surface area contributed by atoms with Gasteiger partial charge in [-0.05, 0) is 13.0 Å². The second kappa shape index (κ2) is 4.40. The minimum Gasteiger partial charge on any atom is -0.478 e. The number of aromatic nitrogens is 4. The van der Waals surface area contributed by atoms with Crippen LogP contribution in [-0.2, 0) is 0 Å². The summed E-state index contributed by atoms with van der Waals surface area (Å²) in [5.41, 5.74) is 0. The summed E-state index contributed by atoms with van der Waals surface area (Å²) in [5.74, 6) is 1.21. The third-order valence-corrected chi connectivity index (χ3v) is 1.83. The summed E-state index contributed by atoms with van der Waals surface area (Å²) in [5, 5.41) is 12.5. The second-order valence-corrected chi connectivity index (χ2v) is 2.89. The Morgan fingerprint density at radius 2 is 2.38 bits per heavy atom. The Hall–Kier alpha value is -2.42. The van der Waals surface area contributed by atoms with Crippen LogP contribution in [0.5, 0.6) is 5.88 Å². The van der Waals surface area contributed by atoms with Gasteiger partial charge in [-0.1, -0.05) is 6.07 Å². The quantitative estimate of drug-likeness (QED) is 0.761. The van der Waals surface area contributed by atoms with Crippen molar-refractivity contribution in [1.82, 2.24) is 19.7 Å². The van der Waals surface area contributed by atoms with Crippen LogP contribution in [-0.4, -0.2) is 26.4 Å². The van der Waals surface area contributed by atoms with Crippen LogP contribution in [0.3, 0.4) is 0 Å². The number of rotatable bonds is 3. The average molecular weight is 215 g/mol. The van der Waals surface area contributed by atoms with Crippen LogP contribution < -0.4 is 4.74 Å². The molecule has 0 aliphatic heterocycles. The second-order valence-electron chi connectivity index (χ2n) is 2.89. The van der Waals surface area contributed by atoms with Crippen molar-refractivity contribution in [2.24, 2.45) is 0 Å². The van der Waals surface area contributed by atoms with Gasteiger partial charge in [-0.2, -0.15) is 10.2 Å². The molecule has 0 atom stereocenters. The van der Waals surface area contributed by atoms with Gasteiger partial charge in [0.05, 0.1) is 6.61 Å². The molecular formula is C10H9N5O. The first kappa shape index (κ1) is 10.1. The summed E-state index contributed by atoms with van der Waals surface area (Å²) in [4.78, 5) is 8.01. The Bertz CT molecular complexity index is 528. The molecule has 0 bridgehead atoms. The van der Waals surface area contributed by atoms with Crippen LogP contribution in [0.4, 0.5) is 0 Å². The van der Waals surface area contributed by atoms with E-state index in [9.17, 15) is 0 Å². The van der Waals surface area contributed by atoms with Crippen molar-refractivity contribution < 1.29 is 4.74 Å². The molecule has 2 rings (SSSR count). The first-order chi connectivity index (χ1) is 7.83. The number of nitrogens with zero attached hydrogens (tertiary/aromatic N) is 5. The Kier molecular flexibility index (Phi) is 2.78. The van der Waals surface area contributed by atoms with Gasteiger partial charge in [0.1, 0.15) is 12.4 Å². The van der Waals surface area contributed by atoms with Crippen molar-refractivity contribution in [2.45, 2.75) is 6.92 Å². The minimum absolute atomic E-state index is 0.114. The van der Waals surface area contributed by atoms with E-state index in [1.807, 2.05) is 13.0 Å². The van der Waals surface area contributed by atoms with E-state index in [2.05, 4.69) is 15.1 Å². The van der Waals surface area contributed by atoms with Gasteiger partial charge >= 0.3 is 0 Å². The molecular weight excluding hydrogens is 206 g/mol. The molecule has 2 aromatic rings. The van der Waals surface area contributed by atoms with Crippen molar-refractivity contribution in [3.05, 3.63) is 30.4 Å². The van der Waals surface area contributed by atoms with Crippen molar-refractivity contribution in [3.63, 3.8) is 0 Å². The zero-order chi connectivity index (χ0) is 11.4. The van der Waals surface area contributed by atoms with Crippen molar-refractivity contribution in [1.29, 1.82) is 5.26 Å². The lowest BCUT2D eigenvalue weighted by Crippen LogP contribution is -2.01. The van der Waals surface area contributed by atoms with Gasteiger partial charge < -0.3 is 4.74 Å². The standard InChI is InChI=1S/C10H9N5O/c1-2-16-10-5-3-4-9(13-10)15-7-12-8(6-11)14-15/h3-5,7H,2H2,1H3. The topological polar surface area (TPSA) is 76.6 Å². The van der Waals surface area contributed by atoms with Gasteiger partial charge in [-0.15, -0.1) is 5.10 Å². The first-order valence-electron chi connectivity index (χ1n) is 4.75. The molecule has 6 heteroatoms. The maximum Gasteiger partial charge on any atom is 0.252 e. The van der Waals surface area contributed by atoms with Crippen molar-refractivity contribution in [3.8, 4) is 17.8 Å². The summed E-state index contributed by atoms with van der Waals surface area (Å²) in [6.07, 6.45) is 1.44. The molecule has 0 fully saturated rings. The highest BCUT2D eigenvalue weighted by atomic mass is 16.5. The van der Waals surface area contributed by atoms with E-state index >= 15 is 0 Å². The van der Waals surface area contributed by atoms with Gasteiger partial charge in [0.15, 0.2) is 5.82 Å². The molecule has 2 aromatic heterocycles. The molecule has 0 N–H and O–H groups in total. The van der Waals surface area contributed by atoms with Crippen LogP contribution in [0.2, 0.25) is 0 Å². The third kappa shape index (κ3) is 1.98. The summed E-state index contributed by atoms with van der Waals surface area (Å²) < 4.78 is 6.70. The molecule has 80 valence electrons. The zero-order valence-electron chi connectivity index (χ0n) is 8.66. The van der Waals surface area contributed by atoms with E-state index in [4.69, 9.17) is 10.00 Å². The number of hydrogen-bond acceptors (Lipinski definition) is 5. The first-order valence-corrected chi connectivity index (χ1v) is 4.75. The number of nitriles is 1. The Labute approximate surface area is 92.1 Å². The highest BCUT2D eigenvalue weighted by Gasteiger charge is 2.03. The molecule has 0 saturated carbocycles. The molecule has 0 amide bonds. The Balaban J connectivity index is 2.33. The molecule has 0 aliphatic carbocycles. The fourth-order valence-corrected chi connectivity index (χ4v) is 1.18. The van der Waals surface area contributed by atoms with Gasteiger partial charge in [0.25, 0.3) is 5.82 Å². The minimum atomic E-state index is 0.114. The average Bonchev–Trinajstić information content (AvgIpc) is 2.78. The fourth-order valence-electron chi connectivity index (χ4n) is 1.18. The highest BCUT2D eigenvalue weighted by Crippen LogP contribution is 2.10. The molecule has 0 saturated heterocycles. The Morgan fingerprint density at radius 3 is 3.06 bits per heavy atom. The van der Waals surface area contributed by atoms with E-state index in [1.165, 1.54) is 11.0 Å². The number of pyridine rings is 1. The SMILES string of the molecule is CCOc1cccc(-n2cnc(C#N)n2)n1. The number of hydrogen-bond donors (Lipinski definition) is 0. The maximum absolute atomic E-state index is 8.60.